The van der Waals surface area contributed by atoms with Gasteiger partial charge in [0.1, 0.15) is 0 Å². The Balaban J connectivity index is 2.01. The molecular formula is C13H13BrOS2. The zero-order valence-corrected chi connectivity index (χ0v) is 12.6. The average Bonchev–Trinajstić information content (AvgIpc) is 2.73. The van der Waals surface area contributed by atoms with Crippen LogP contribution in [0.25, 0.3) is 0 Å². The molecule has 90 valence electrons. The van der Waals surface area contributed by atoms with E-state index in [0.29, 0.717) is 0 Å². The van der Waals surface area contributed by atoms with Crippen molar-refractivity contribution in [1.29, 1.82) is 0 Å². The van der Waals surface area contributed by atoms with Crippen molar-refractivity contribution < 1.29 is 5.11 Å². The van der Waals surface area contributed by atoms with Crippen molar-refractivity contribution in [3.8, 4) is 0 Å². The zero-order valence-electron chi connectivity index (χ0n) is 9.39. The van der Waals surface area contributed by atoms with Gasteiger partial charge in [0.15, 0.2) is 0 Å². The second kappa shape index (κ2) is 6.05. The SMILES string of the molecule is CC(O)c1cccc(SCc2ccc(Br)s2)c1. The molecule has 1 aromatic heterocycles. The molecule has 0 aliphatic carbocycles. The van der Waals surface area contributed by atoms with E-state index in [1.54, 1.807) is 30.0 Å². The number of hydrogen-bond donors (Lipinski definition) is 1. The molecule has 2 aromatic rings. The molecule has 0 saturated heterocycles. The van der Waals surface area contributed by atoms with E-state index in [0.717, 1.165) is 11.3 Å². The maximum Gasteiger partial charge on any atom is 0.0762 e. The summed E-state index contributed by atoms with van der Waals surface area (Å²) in [4.78, 5) is 2.55. The lowest BCUT2D eigenvalue weighted by Crippen LogP contribution is -1.90. The molecule has 0 spiro atoms. The Hall–Kier alpha value is -0.290. The van der Waals surface area contributed by atoms with E-state index in [1.807, 2.05) is 12.1 Å². The number of rotatable bonds is 4. The normalized spacial score (nSPS) is 12.6. The van der Waals surface area contributed by atoms with E-state index < -0.39 is 6.10 Å². The molecule has 0 radical (unpaired) electrons. The number of thioether (sulfide) groups is 1. The highest BCUT2D eigenvalue weighted by atomic mass is 79.9. The van der Waals surface area contributed by atoms with E-state index in [-0.39, 0.29) is 0 Å². The van der Waals surface area contributed by atoms with Crippen LogP contribution in [-0.2, 0) is 5.75 Å². The lowest BCUT2D eigenvalue weighted by Gasteiger charge is -2.06. The van der Waals surface area contributed by atoms with Crippen LogP contribution in [0.15, 0.2) is 45.1 Å². The van der Waals surface area contributed by atoms with E-state index >= 15 is 0 Å². The third-order valence-electron chi connectivity index (χ3n) is 2.35. The molecular weight excluding hydrogens is 316 g/mol. The molecule has 1 aromatic carbocycles. The topological polar surface area (TPSA) is 20.2 Å². The summed E-state index contributed by atoms with van der Waals surface area (Å²) in [6, 6.07) is 12.3. The van der Waals surface area contributed by atoms with Crippen LogP contribution in [0.4, 0.5) is 0 Å². The number of thiophene rings is 1. The predicted octanol–water partition coefficient (Wildman–Crippen LogP) is 4.86. The zero-order chi connectivity index (χ0) is 12.3. The van der Waals surface area contributed by atoms with Crippen molar-refractivity contribution in [2.45, 2.75) is 23.7 Å². The molecule has 0 aliphatic heterocycles. The summed E-state index contributed by atoms with van der Waals surface area (Å²) in [5.41, 5.74) is 0.974. The largest absolute Gasteiger partial charge is 0.389 e. The average molecular weight is 329 g/mol. The first-order chi connectivity index (χ1) is 8.15. The molecule has 1 unspecified atom stereocenters. The van der Waals surface area contributed by atoms with Crippen molar-refractivity contribution in [3.05, 3.63) is 50.6 Å². The Morgan fingerprint density at radius 3 is 2.82 bits per heavy atom. The van der Waals surface area contributed by atoms with Gasteiger partial charge >= 0.3 is 0 Å². The number of benzene rings is 1. The van der Waals surface area contributed by atoms with Crippen molar-refractivity contribution >= 4 is 39.0 Å². The van der Waals surface area contributed by atoms with E-state index in [4.69, 9.17) is 0 Å². The summed E-state index contributed by atoms with van der Waals surface area (Å²) in [7, 11) is 0. The molecule has 1 atom stereocenters. The molecule has 0 aliphatic rings. The fourth-order valence-electron chi connectivity index (χ4n) is 1.45. The standard InChI is InChI=1S/C13H13BrOS2/c1-9(15)10-3-2-4-11(7-10)16-8-12-5-6-13(14)17-12/h2-7,9,15H,8H2,1H3. The second-order valence-corrected chi connectivity index (χ2v) is 7.34. The van der Waals surface area contributed by atoms with Gasteiger partial charge in [0.05, 0.1) is 9.89 Å². The van der Waals surface area contributed by atoms with E-state index in [2.05, 4.69) is 40.2 Å². The van der Waals surface area contributed by atoms with Gasteiger partial charge in [0.2, 0.25) is 0 Å². The number of hydrogen-bond acceptors (Lipinski definition) is 3. The summed E-state index contributed by atoms with van der Waals surface area (Å²) < 4.78 is 1.17. The highest BCUT2D eigenvalue weighted by Crippen LogP contribution is 2.30. The van der Waals surface area contributed by atoms with Crippen LogP contribution in [-0.4, -0.2) is 5.11 Å². The minimum atomic E-state index is -0.397. The monoisotopic (exact) mass is 328 g/mol. The highest BCUT2D eigenvalue weighted by molar-refractivity contribution is 9.11. The van der Waals surface area contributed by atoms with Crippen molar-refractivity contribution in [2.24, 2.45) is 0 Å². The van der Waals surface area contributed by atoms with E-state index in [9.17, 15) is 5.11 Å². The molecule has 0 bridgehead atoms. The summed E-state index contributed by atoms with van der Waals surface area (Å²) in [6.45, 7) is 1.79. The predicted molar refractivity (Wildman–Crippen MR) is 78.7 cm³/mol. The molecule has 4 heteroatoms. The van der Waals surface area contributed by atoms with Crippen molar-refractivity contribution in [3.63, 3.8) is 0 Å². The highest BCUT2D eigenvalue weighted by Gasteiger charge is 2.03. The van der Waals surface area contributed by atoms with Gasteiger partial charge in [-0.2, -0.15) is 0 Å². The Morgan fingerprint density at radius 2 is 2.18 bits per heavy atom. The molecule has 1 heterocycles. The van der Waals surface area contributed by atoms with Gasteiger partial charge < -0.3 is 5.11 Å². The first kappa shape index (κ1) is 13.1. The molecule has 0 saturated carbocycles. The molecule has 0 amide bonds. The lowest BCUT2D eigenvalue weighted by molar-refractivity contribution is 0.199. The van der Waals surface area contributed by atoms with Crippen LogP contribution in [0.1, 0.15) is 23.5 Å². The summed E-state index contributed by atoms with van der Waals surface area (Å²) >= 11 is 7.03. The first-order valence-electron chi connectivity index (χ1n) is 5.30. The quantitative estimate of drug-likeness (QED) is 0.809. The second-order valence-electron chi connectivity index (χ2n) is 3.74. The Kier molecular flexibility index (Phi) is 4.68. The van der Waals surface area contributed by atoms with Crippen LogP contribution < -0.4 is 0 Å². The van der Waals surface area contributed by atoms with Crippen LogP contribution in [0, 0.1) is 0 Å². The lowest BCUT2D eigenvalue weighted by atomic mass is 10.1. The molecule has 0 fully saturated rings. The molecule has 17 heavy (non-hydrogen) atoms. The summed E-state index contributed by atoms with van der Waals surface area (Å²) in [5.74, 6) is 0.972. The maximum atomic E-state index is 9.52. The number of aliphatic hydroxyl groups excluding tert-OH is 1. The Bertz CT molecular complexity index is 494. The number of halogens is 1. The first-order valence-corrected chi connectivity index (χ1v) is 7.89. The third-order valence-corrected chi connectivity index (χ3v) is 5.20. The van der Waals surface area contributed by atoms with Gasteiger partial charge in [-0.25, -0.2) is 0 Å². The molecule has 1 N–H and O–H groups in total. The van der Waals surface area contributed by atoms with Crippen molar-refractivity contribution in [2.75, 3.05) is 0 Å². The number of aliphatic hydroxyl groups is 1. The van der Waals surface area contributed by atoms with Gasteiger partial charge in [0.25, 0.3) is 0 Å². The van der Waals surface area contributed by atoms with E-state index in [1.165, 1.54) is 13.6 Å². The van der Waals surface area contributed by atoms with Crippen LogP contribution >= 0.6 is 39.0 Å². The minimum absolute atomic E-state index is 0.397. The van der Waals surface area contributed by atoms with Gasteiger partial charge in [-0.05, 0) is 52.7 Å². The summed E-state index contributed by atoms with van der Waals surface area (Å²) in [5, 5.41) is 9.52. The van der Waals surface area contributed by atoms with Gasteiger partial charge in [-0.3, -0.25) is 0 Å². The van der Waals surface area contributed by atoms with Crippen LogP contribution in [0.5, 0.6) is 0 Å². The Morgan fingerprint density at radius 1 is 1.35 bits per heavy atom. The minimum Gasteiger partial charge on any atom is -0.389 e. The molecule has 2 rings (SSSR count). The smallest absolute Gasteiger partial charge is 0.0762 e. The maximum absolute atomic E-state index is 9.52. The van der Waals surface area contributed by atoms with Crippen molar-refractivity contribution in [1.82, 2.24) is 0 Å². The third kappa shape index (κ3) is 3.85. The fourth-order valence-corrected chi connectivity index (χ4v) is 3.94. The van der Waals surface area contributed by atoms with Crippen LogP contribution in [0.2, 0.25) is 0 Å². The van der Waals surface area contributed by atoms with Gasteiger partial charge in [-0.15, -0.1) is 23.1 Å². The van der Waals surface area contributed by atoms with Crippen LogP contribution in [0.3, 0.4) is 0 Å². The Labute approximate surface area is 118 Å². The van der Waals surface area contributed by atoms with Gasteiger partial charge in [-0.1, -0.05) is 12.1 Å². The van der Waals surface area contributed by atoms with Gasteiger partial charge in [0, 0.05) is 15.5 Å². The summed E-state index contributed by atoms with van der Waals surface area (Å²) in [6.07, 6.45) is -0.397. The fraction of sp³-hybridized carbons (Fsp3) is 0.231. The molecule has 1 nitrogen and oxygen atoms in total.